The Morgan fingerprint density at radius 3 is 2.80 bits per heavy atom. The van der Waals surface area contributed by atoms with E-state index in [2.05, 4.69) is 5.32 Å². The molecule has 20 heavy (non-hydrogen) atoms. The van der Waals surface area contributed by atoms with Gasteiger partial charge in [-0.1, -0.05) is 6.92 Å². The Hall–Kier alpha value is -1.55. The van der Waals surface area contributed by atoms with Crippen LogP contribution in [-0.2, 0) is 4.74 Å². The second kappa shape index (κ2) is 7.29. The van der Waals surface area contributed by atoms with Gasteiger partial charge in [0.25, 0.3) is 5.91 Å². The van der Waals surface area contributed by atoms with Gasteiger partial charge in [0, 0.05) is 18.2 Å². The number of hydrogen-bond acceptors (Lipinski definition) is 3. The lowest BCUT2D eigenvalue weighted by Crippen LogP contribution is -2.31. The van der Waals surface area contributed by atoms with Crippen LogP contribution in [0.2, 0.25) is 0 Å². The fourth-order valence-corrected chi connectivity index (χ4v) is 2.08. The van der Waals surface area contributed by atoms with Crippen molar-refractivity contribution in [2.24, 2.45) is 0 Å². The molecule has 0 aromatic heterocycles. The summed E-state index contributed by atoms with van der Waals surface area (Å²) in [6.45, 7) is 5.46. The quantitative estimate of drug-likeness (QED) is 0.869. The number of benzene rings is 1. The largest absolute Gasteiger partial charge is 0.491 e. The molecule has 1 aliphatic heterocycles. The van der Waals surface area contributed by atoms with E-state index < -0.39 is 0 Å². The highest BCUT2D eigenvalue weighted by atomic mass is 16.5. The zero-order valence-corrected chi connectivity index (χ0v) is 12.2. The molecule has 0 aliphatic carbocycles. The van der Waals surface area contributed by atoms with Crippen LogP contribution in [0.25, 0.3) is 0 Å². The maximum absolute atomic E-state index is 11.9. The van der Waals surface area contributed by atoms with Gasteiger partial charge in [-0.05, 0) is 50.5 Å². The molecule has 0 radical (unpaired) electrons. The number of hydrogen-bond donors (Lipinski definition) is 1. The highest BCUT2D eigenvalue weighted by molar-refractivity contribution is 5.94. The molecule has 1 aromatic carbocycles. The number of ether oxygens (including phenoxy) is 2. The standard InChI is InChI=1S/C16H23NO3/c1-3-12(2)17-16(18)13-6-8-14(9-7-13)20-11-15-5-4-10-19-15/h6-9,12,15H,3-5,10-11H2,1-2H3,(H,17,18)/t12-,15+/m0/s1. The first-order valence-electron chi connectivity index (χ1n) is 7.34. The van der Waals surface area contributed by atoms with Gasteiger partial charge < -0.3 is 14.8 Å². The van der Waals surface area contributed by atoms with E-state index in [9.17, 15) is 4.79 Å². The number of nitrogens with one attached hydrogen (secondary N) is 1. The van der Waals surface area contributed by atoms with Gasteiger partial charge in [0.2, 0.25) is 0 Å². The summed E-state index contributed by atoms with van der Waals surface area (Å²) in [5.41, 5.74) is 0.662. The summed E-state index contributed by atoms with van der Waals surface area (Å²) >= 11 is 0. The Morgan fingerprint density at radius 1 is 1.45 bits per heavy atom. The van der Waals surface area contributed by atoms with Crippen LogP contribution in [0, 0.1) is 0 Å². The summed E-state index contributed by atoms with van der Waals surface area (Å²) in [6.07, 6.45) is 3.32. The first kappa shape index (κ1) is 14.9. The van der Waals surface area contributed by atoms with Gasteiger partial charge in [0.05, 0.1) is 6.10 Å². The lowest BCUT2D eigenvalue weighted by atomic mass is 10.2. The first-order chi connectivity index (χ1) is 9.69. The Labute approximate surface area is 120 Å². The van der Waals surface area contributed by atoms with E-state index in [4.69, 9.17) is 9.47 Å². The van der Waals surface area contributed by atoms with Crippen LogP contribution in [0.1, 0.15) is 43.5 Å². The van der Waals surface area contributed by atoms with Crippen molar-refractivity contribution in [3.8, 4) is 5.75 Å². The zero-order valence-electron chi connectivity index (χ0n) is 12.2. The Balaban J connectivity index is 1.84. The molecule has 110 valence electrons. The average Bonchev–Trinajstić information content (AvgIpc) is 2.98. The fraction of sp³-hybridized carbons (Fsp3) is 0.562. The third kappa shape index (κ3) is 4.23. The highest BCUT2D eigenvalue weighted by Crippen LogP contribution is 2.16. The molecular formula is C16H23NO3. The fourth-order valence-electron chi connectivity index (χ4n) is 2.08. The molecule has 4 heteroatoms. The second-order valence-corrected chi connectivity index (χ2v) is 5.25. The molecule has 2 atom stereocenters. The van der Waals surface area contributed by atoms with Crippen LogP contribution in [0.4, 0.5) is 0 Å². The number of carbonyl (C=O) groups is 1. The normalized spacial score (nSPS) is 19.6. The monoisotopic (exact) mass is 277 g/mol. The van der Waals surface area contributed by atoms with Crippen molar-refractivity contribution >= 4 is 5.91 Å². The van der Waals surface area contributed by atoms with E-state index in [1.165, 1.54) is 0 Å². The summed E-state index contributed by atoms with van der Waals surface area (Å²) in [5, 5.41) is 2.94. The smallest absolute Gasteiger partial charge is 0.251 e. The van der Waals surface area contributed by atoms with Gasteiger partial charge in [-0.3, -0.25) is 4.79 Å². The minimum absolute atomic E-state index is 0.0370. The Kier molecular flexibility index (Phi) is 5.41. The van der Waals surface area contributed by atoms with E-state index in [1.54, 1.807) is 12.1 Å². The minimum Gasteiger partial charge on any atom is -0.491 e. The second-order valence-electron chi connectivity index (χ2n) is 5.25. The summed E-state index contributed by atoms with van der Waals surface area (Å²) < 4.78 is 11.2. The molecule has 1 aliphatic rings. The van der Waals surface area contributed by atoms with Crippen LogP contribution < -0.4 is 10.1 Å². The Bertz CT molecular complexity index is 424. The predicted molar refractivity (Wildman–Crippen MR) is 78.1 cm³/mol. The molecule has 1 fully saturated rings. The summed E-state index contributed by atoms with van der Waals surface area (Å²) in [4.78, 5) is 11.9. The van der Waals surface area contributed by atoms with E-state index >= 15 is 0 Å². The Morgan fingerprint density at radius 2 is 2.20 bits per heavy atom. The zero-order chi connectivity index (χ0) is 14.4. The first-order valence-corrected chi connectivity index (χ1v) is 7.34. The van der Waals surface area contributed by atoms with Crippen LogP contribution in [0.3, 0.4) is 0 Å². The molecule has 1 heterocycles. The summed E-state index contributed by atoms with van der Waals surface area (Å²) in [6, 6.07) is 7.45. The van der Waals surface area contributed by atoms with E-state index in [-0.39, 0.29) is 18.1 Å². The number of amides is 1. The van der Waals surface area contributed by atoms with Crippen LogP contribution in [0.5, 0.6) is 5.75 Å². The number of rotatable bonds is 6. The van der Waals surface area contributed by atoms with Gasteiger partial charge in [0.1, 0.15) is 12.4 Å². The molecule has 1 saturated heterocycles. The third-order valence-electron chi connectivity index (χ3n) is 3.57. The summed E-state index contributed by atoms with van der Waals surface area (Å²) in [7, 11) is 0. The van der Waals surface area contributed by atoms with Crippen molar-refractivity contribution < 1.29 is 14.3 Å². The van der Waals surface area contributed by atoms with Crippen molar-refractivity contribution in [2.45, 2.75) is 45.3 Å². The van der Waals surface area contributed by atoms with Crippen LogP contribution in [0.15, 0.2) is 24.3 Å². The van der Waals surface area contributed by atoms with Gasteiger partial charge in [0.15, 0.2) is 0 Å². The molecule has 2 rings (SSSR count). The molecule has 0 saturated carbocycles. The van der Waals surface area contributed by atoms with Gasteiger partial charge in [-0.25, -0.2) is 0 Å². The predicted octanol–water partition coefficient (Wildman–Crippen LogP) is 2.77. The SMILES string of the molecule is CC[C@H](C)NC(=O)c1ccc(OC[C@H]2CCCO2)cc1. The van der Waals surface area contributed by atoms with Crippen molar-refractivity contribution in [3.05, 3.63) is 29.8 Å². The van der Waals surface area contributed by atoms with E-state index in [1.807, 2.05) is 26.0 Å². The maximum atomic E-state index is 11.9. The molecule has 0 spiro atoms. The van der Waals surface area contributed by atoms with Crippen molar-refractivity contribution in [1.29, 1.82) is 0 Å². The van der Waals surface area contributed by atoms with E-state index in [0.717, 1.165) is 31.6 Å². The van der Waals surface area contributed by atoms with Crippen LogP contribution >= 0.6 is 0 Å². The molecular weight excluding hydrogens is 254 g/mol. The minimum atomic E-state index is -0.0370. The summed E-state index contributed by atoms with van der Waals surface area (Å²) in [5.74, 6) is 0.741. The molecule has 4 nitrogen and oxygen atoms in total. The number of carbonyl (C=O) groups excluding carboxylic acids is 1. The van der Waals surface area contributed by atoms with Gasteiger partial charge in [-0.2, -0.15) is 0 Å². The lowest BCUT2D eigenvalue weighted by Gasteiger charge is -2.13. The lowest BCUT2D eigenvalue weighted by molar-refractivity contribution is 0.0679. The van der Waals surface area contributed by atoms with Crippen LogP contribution in [-0.4, -0.2) is 31.3 Å². The maximum Gasteiger partial charge on any atom is 0.251 e. The topological polar surface area (TPSA) is 47.6 Å². The molecule has 1 N–H and O–H groups in total. The van der Waals surface area contributed by atoms with Crippen molar-refractivity contribution in [3.63, 3.8) is 0 Å². The van der Waals surface area contributed by atoms with E-state index in [0.29, 0.717) is 12.2 Å². The van der Waals surface area contributed by atoms with Crippen molar-refractivity contribution in [2.75, 3.05) is 13.2 Å². The molecule has 1 aromatic rings. The van der Waals surface area contributed by atoms with Gasteiger partial charge >= 0.3 is 0 Å². The molecule has 0 bridgehead atoms. The third-order valence-corrected chi connectivity index (χ3v) is 3.57. The molecule has 0 unspecified atom stereocenters. The van der Waals surface area contributed by atoms with Gasteiger partial charge in [-0.15, -0.1) is 0 Å². The molecule has 1 amide bonds. The average molecular weight is 277 g/mol. The highest BCUT2D eigenvalue weighted by Gasteiger charge is 2.16. The van der Waals surface area contributed by atoms with Crippen molar-refractivity contribution in [1.82, 2.24) is 5.32 Å².